The fourth-order valence-corrected chi connectivity index (χ4v) is 5.03. The zero-order valence-electron chi connectivity index (χ0n) is 30.5. The number of allylic oxidation sites excluding steroid dienone is 6. The van der Waals surface area contributed by atoms with Crippen molar-refractivity contribution in [2.24, 2.45) is 5.92 Å². The quantitative estimate of drug-likeness (QED) is 0.0318. The van der Waals surface area contributed by atoms with Gasteiger partial charge in [-0.3, -0.25) is 9.59 Å². The second kappa shape index (κ2) is 33.2. The van der Waals surface area contributed by atoms with Crippen LogP contribution in [-0.2, 0) is 19.1 Å². The summed E-state index contributed by atoms with van der Waals surface area (Å²) in [5, 5.41) is 40.1. The Bertz CT molecular complexity index is 880. The Morgan fingerprint density at radius 2 is 1.04 bits per heavy atom. The molecule has 0 bridgehead atoms. The molecule has 0 radical (unpaired) electrons. The van der Waals surface area contributed by atoms with Crippen molar-refractivity contribution in [3.63, 3.8) is 0 Å². The van der Waals surface area contributed by atoms with Crippen LogP contribution in [0.25, 0.3) is 0 Å². The summed E-state index contributed by atoms with van der Waals surface area (Å²) in [6.07, 6.45) is 29.6. The van der Waals surface area contributed by atoms with E-state index in [4.69, 9.17) is 9.47 Å². The number of aliphatic hydroxyl groups is 4. The number of aliphatic hydroxyl groups excluding tert-OH is 4. The lowest BCUT2D eigenvalue weighted by atomic mass is 9.99. The summed E-state index contributed by atoms with van der Waals surface area (Å²) in [5.74, 6) is -0.0274. The van der Waals surface area contributed by atoms with Crippen LogP contribution in [0.3, 0.4) is 0 Å². The average Bonchev–Trinajstić information content (AvgIpc) is 3.07. The van der Waals surface area contributed by atoms with E-state index in [1.807, 2.05) is 6.08 Å². The van der Waals surface area contributed by atoms with E-state index in [0.717, 1.165) is 50.9 Å². The number of carbonyl (C=O) groups is 2. The van der Waals surface area contributed by atoms with Crippen molar-refractivity contribution >= 4 is 11.9 Å². The maximum Gasteiger partial charge on any atom is 0.305 e. The number of hydrogen-bond donors (Lipinski definition) is 4. The van der Waals surface area contributed by atoms with Crippen molar-refractivity contribution < 1.29 is 39.5 Å². The summed E-state index contributed by atoms with van der Waals surface area (Å²) in [7, 11) is 0. The third-order valence-electron chi connectivity index (χ3n) is 8.47. The van der Waals surface area contributed by atoms with Gasteiger partial charge in [0.15, 0.2) is 0 Å². The second-order valence-corrected chi connectivity index (χ2v) is 13.2. The molecule has 0 spiro atoms. The van der Waals surface area contributed by atoms with Crippen LogP contribution in [0.1, 0.15) is 149 Å². The normalized spacial score (nSPS) is 15.4. The molecule has 0 aromatic heterocycles. The van der Waals surface area contributed by atoms with Crippen molar-refractivity contribution in [2.45, 2.75) is 174 Å². The number of ether oxygens (including phenoxy) is 2. The largest absolute Gasteiger partial charge is 0.463 e. The number of esters is 2. The van der Waals surface area contributed by atoms with Gasteiger partial charge in [-0.1, -0.05) is 159 Å². The highest BCUT2D eigenvalue weighted by molar-refractivity contribution is 5.69. The lowest BCUT2D eigenvalue weighted by Gasteiger charge is -2.14. The van der Waals surface area contributed by atoms with E-state index in [0.29, 0.717) is 12.8 Å². The fourth-order valence-electron chi connectivity index (χ4n) is 5.03. The first kappa shape index (κ1) is 45.7. The fraction of sp³-hybridized carbons (Fsp3) is 0.750. The van der Waals surface area contributed by atoms with E-state index >= 15 is 0 Å². The van der Waals surface area contributed by atoms with Gasteiger partial charge in [-0.15, -0.1) is 0 Å². The first-order valence-corrected chi connectivity index (χ1v) is 18.9. The van der Waals surface area contributed by atoms with E-state index < -0.39 is 30.4 Å². The van der Waals surface area contributed by atoms with Gasteiger partial charge in [0.2, 0.25) is 0 Å². The smallest absolute Gasteiger partial charge is 0.305 e. The Morgan fingerprint density at radius 1 is 0.562 bits per heavy atom. The van der Waals surface area contributed by atoms with E-state index in [1.54, 1.807) is 36.5 Å². The molecule has 48 heavy (non-hydrogen) atoms. The van der Waals surface area contributed by atoms with Crippen molar-refractivity contribution in [3.8, 4) is 0 Å². The minimum absolute atomic E-state index is 0.0317. The third-order valence-corrected chi connectivity index (χ3v) is 8.47. The molecule has 0 saturated heterocycles. The molecule has 278 valence electrons. The van der Waals surface area contributed by atoms with Gasteiger partial charge in [-0.25, -0.2) is 0 Å². The number of rotatable bonds is 32. The van der Waals surface area contributed by atoms with E-state index in [2.05, 4.69) is 20.8 Å². The molecule has 8 nitrogen and oxygen atoms in total. The van der Waals surface area contributed by atoms with Gasteiger partial charge in [0, 0.05) is 12.8 Å². The van der Waals surface area contributed by atoms with Crippen molar-refractivity contribution in [1.82, 2.24) is 0 Å². The zero-order valence-corrected chi connectivity index (χ0v) is 30.5. The predicted octanol–water partition coefficient (Wildman–Crippen LogP) is 8.22. The summed E-state index contributed by atoms with van der Waals surface area (Å²) in [6, 6.07) is 0. The van der Waals surface area contributed by atoms with Gasteiger partial charge in [0.05, 0.1) is 18.3 Å². The molecular formula is C40H70O8. The van der Waals surface area contributed by atoms with Gasteiger partial charge >= 0.3 is 11.9 Å². The number of carbonyl (C=O) groups excluding carboxylic acids is 2. The Morgan fingerprint density at radius 3 is 1.60 bits per heavy atom. The first-order valence-electron chi connectivity index (χ1n) is 18.9. The molecule has 0 fully saturated rings. The van der Waals surface area contributed by atoms with Gasteiger partial charge in [0.1, 0.15) is 19.3 Å². The maximum absolute atomic E-state index is 12.0. The van der Waals surface area contributed by atoms with Crippen molar-refractivity contribution in [3.05, 3.63) is 48.6 Å². The average molecular weight is 679 g/mol. The van der Waals surface area contributed by atoms with E-state index in [1.165, 1.54) is 63.9 Å². The van der Waals surface area contributed by atoms with Crippen LogP contribution in [0.2, 0.25) is 0 Å². The number of unbranched alkanes of at least 4 members (excludes halogenated alkanes) is 11. The van der Waals surface area contributed by atoms with Gasteiger partial charge in [-0.2, -0.15) is 0 Å². The summed E-state index contributed by atoms with van der Waals surface area (Å²) >= 11 is 0. The van der Waals surface area contributed by atoms with Crippen LogP contribution in [0.5, 0.6) is 0 Å². The van der Waals surface area contributed by atoms with Crippen LogP contribution >= 0.6 is 0 Å². The zero-order chi connectivity index (χ0) is 35.7. The highest BCUT2D eigenvalue weighted by Crippen LogP contribution is 2.16. The van der Waals surface area contributed by atoms with Gasteiger partial charge in [0.25, 0.3) is 0 Å². The molecule has 8 heteroatoms. The molecule has 0 aliphatic rings. The van der Waals surface area contributed by atoms with Crippen LogP contribution in [-0.4, -0.2) is 70.0 Å². The van der Waals surface area contributed by atoms with Gasteiger partial charge < -0.3 is 29.9 Å². The standard InChI is InChI=1S/C40H70O8/c1-4-6-19-26-35(41)27-21-16-13-14-17-22-28-37(43)38(44)29-24-31-40(46)48-33-36(42)32-47-39(45)30-23-18-12-10-8-7-9-11-15-20-25-34(3)5-2/h13-14,16-17,21-22,27-28,34-38,41-44H,4-12,15,18-20,23-26,29-33H2,1-3H3/b16-13-,17-14+,27-21+,28-22+/t34?,35-,36-,37-,38-/m1/s1. The molecule has 4 N–H and O–H groups in total. The summed E-state index contributed by atoms with van der Waals surface area (Å²) in [5.41, 5.74) is 0. The van der Waals surface area contributed by atoms with Crippen LogP contribution < -0.4 is 0 Å². The Kier molecular flexibility index (Phi) is 31.7. The van der Waals surface area contributed by atoms with E-state index in [9.17, 15) is 30.0 Å². The SMILES string of the molecule is CCCCC[C@@H](O)/C=C/C=C\C=C\C=C\[C@@H](O)[C@H](O)CCCC(=O)OC[C@H](O)COC(=O)CCCCCCCCCCCCC(C)CC. The minimum atomic E-state index is -1.09. The molecule has 0 amide bonds. The minimum Gasteiger partial charge on any atom is -0.463 e. The number of hydrogen-bond acceptors (Lipinski definition) is 8. The van der Waals surface area contributed by atoms with Crippen molar-refractivity contribution in [1.29, 1.82) is 0 Å². The Hall–Kier alpha value is -2.26. The topological polar surface area (TPSA) is 134 Å². The molecule has 5 atom stereocenters. The molecule has 0 saturated carbocycles. The first-order chi connectivity index (χ1) is 23.2. The molecule has 0 rings (SSSR count). The molecule has 0 aromatic rings. The molecule has 0 aromatic carbocycles. The third kappa shape index (κ3) is 31.0. The highest BCUT2D eigenvalue weighted by atomic mass is 16.6. The van der Waals surface area contributed by atoms with Crippen molar-refractivity contribution in [2.75, 3.05) is 13.2 Å². The lowest BCUT2D eigenvalue weighted by Crippen LogP contribution is -2.26. The predicted molar refractivity (Wildman–Crippen MR) is 195 cm³/mol. The molecule has 0 aliphatic heterocycles. The summed E-state index contributed by atoms with van der Waals surface area (Å²) in [6.45, 7) is 6.24. The second-order valence-electron chi connectivity index (χ2n) is 13.2. The molecule has 0 aliphatic carbocycles. The molecule has 0 heterocycles. The summed E-state index contributed by atoms with van der Waals surface area (Å²) in [4.78, 5) is 23.9. The monoisotopic (exact) mass is 679 g/mol. The molecular weight excluding hydrogens is 608 g/mol. The van der Waals surface area contributed by atoms with Crippen LogP contribution in [0.4, 0.5) is 0 Å². The van der Waals surface area contributed by atoms with E-state index in [-0.39, 0.29) is 32.0 Å². The Labute approximate surface area is 292 Å². The maximum atomic E-state index is 12.0. The Balaban J connectivity index is 3.81. The van der Waals surface area contributed by atoms with Crippen LogP contribution in [0.15, 0.2) is 48.6 Å². The lowest BCUT2D eigenvalue weighted by molar-refractivity contribution is -0.152. The molecule has 1 unspecified atom stereocenters. The highest BCUT2D eigenvalue weighted by Gasteiger charge is 2.15. The van der Waals surface area contributed by atoms with Gasteiger partial charge in [-0.05, 0) is 31.6 Å². The summed E-state index contributed by atoms with van der Waals surface area (Å²) < 4.78 is 10.2. The van der Waals surface area contributed by atoms with Crippen LogP contribution in [0, 0.1) is 5.92 Å².